The number of fused-ring (bicyclic) bond motifs is 3. The van der Waals surface area contributed by atoms with Gasteiger partial charge in [0.15, 0.2) is 0 Å². The van der Waals surface area contributed by atoms with E-state index in [1.54, 1.807) is 0 Å². The Morgan fingerprint density at radius 2 is 1.76 bits per heavy atom. The second kappa shape index (κ2) is 5.45. The first kappa shape index (κ1) is 13.3. The molecule has 1 saturated heterocycles. The standard InChI is InChI=1S/C18H19ClN2/c19-14-7-5-13(6-8-14)17-12-21-10-9-20-11-18(21)16-4-2-1-3-15(16)17/h1-8,17-18,20H,9-12H2/t17-,18+/m0/s1. The number of piperazine rings is 1. The molecule has 3 heteroatoms. The monoisotopic (exact) mass is 298 g/mol. The van der Waals surface area contributed by atoms with Crippen LogP contribution in [0.5, 0.6) is 0 Å². The Balaban J connectivity index is 1.79. The van der Waals surface area contributed by atoms with Gasteiger partial charge in [-0.3, -0.25) is 4.90 Å². The van der Waals surface area contributed by atoms with E-state index in [4.69, 9.17) is 11.6 Å². The molecule has 2 aromatic carbocycles. The highest BCUT2D eigenvalue weighted by molar-refractivity contribution is 6.30. The molecule has 108 valence electrons. The van der Waals surface area contributed by atoms with E-state index in [9.17, 15) is 0 Å². The molecule has 0 spiro atoms. The predicted octanol–water partition coefficient (Wildman–Crippen LogP) is 3.43. The molecule has 0 unspecified atom stereocenters. The van der Waals surface area contributed by atoms with Crippen LogP contribution in [-0.4, -0.2) is 31.1 Å². The third-order valence-corrected chi connectivity index (χ3v) is 5.03. The minimum absolute atomic E-state index is 0.452. The van der Waals surface area contributed by atoms with E-state index in [0.717, 1.165) is 31.2 Å². The van der Waals surface area contributed by atoms with Crippen LogP contribution in [0.1, 0.15) is 28.7 Å². The summed E-state index contributed by atoms with van der Waals surface area (Å²) in [6.07, 6.45) is 0. The van der Waals surface area contributed by atoms with Gasteiger partial charge < -0.3 is 5.32 Å². The maximum absolute atomic E-state index is 6.04. The van der Waals surface area contributed by atoms with Crippen molar-refractivity contribution in [2.24, 2.45) is 0 Å². The lowest BCUT2D eigenvalue weighted by atomic mass is 9.81. The largest absolute Gasteiger partial charge is 0.314 e. The summed E-state index contributed by atoms with van der Waals surface area (Å²) >= 11 is 6.04. The highest BCUT2D eigenvalue weighted by Gasteiger charge is 2.34. The fourth-order valence-electron chi connectivity index (χ4n) is 3.72. The number of nitrogens with zero attached hydrogens (tertiary/aromatic N) is 1. The molecule has 0 radical (unpaired) electrons. The second-order valence-corrected chi connectivity index (χ2v) is 6.38. The molecule has 2 aromatic rings. The SMILES string of the molecule is Clc1ccc([C@@H]2CN3CCNC[C@@H]3c3ccccc32)cc1. The average molecular weight is 299 g/mol. The van der Waals surface area contributed by atoms with Crippen LogP contribution in [0.2, 0.25) is 5.02 Å². The smallest absolute Gasteiger partial charge is 0.0476 e. The van der Waals surface area contributed by atoms with Crippen LogP contribution in [0, 0.1) is 0 Å². The summed E-state index contributed by atoms with van der Waals surface area (Å²) in [5, 5.41) is 4.34. The number of benzene rings is 2. The molecule has 2 aliphatic heterocycles. The molecule has 0 aliphatic carbocycles. The summed E-state index contributed by atoms with van der Waals surface area (Å²) in [5.74, 6) is 0.452. The van der Waals surface area contributed by atoms with Gasteiger partial charge in [-0.1, -0.05) is 48.0 Å². The number of rotatable bonds is 1. The van der Waals surface area contributed by atoms with Gasteiger partial charge in [0, 0.05) is 43.2 Å². The zero-order valence-corrected chi connectivity index (χ0v) is 12.7. The first-order chi connectivity index (χ1) is 10.3. The van der Waals surface area contributed by atoms with Crippen LogP contribution in [0.3, 0.4) is 0 Å². The molecule has 1 N–H and O–H groups in total. The number of hydrogen-bond acceptors (Lipinski definition) is 2. The molecule has 4 rings (SSSR count). The fourth-order valence-corrected chi connectivity index (χ4v) is 3.84. The molecule has 2 aliphatic rings. The maximum atomic E-state index is 6.04. The minimum Gasteiger partial charge on any atom is -0.314 e. The average Bonchev–Trinajstić information content (AvgIpc) is 2.55. The summed E-state index contributed by atoms with van der Waals surface area (Å²) in [6.45, 7) is 4.38. The summed E-state index contributed by atoms with van der Waals surface area (Å²) < 4.78 is 0. The lowest BCUT2D eigenvalue weighted by molar-refractivity contribution is 0.143. The van der Waals surface area contributed by atoms with Gasteiger partial charge in [-0.15, -0.1) is 0 Å². The molecule has 2 nitrogen and oxygen atoms in total. The molecular formula is C18H19ClN2. The highest BCUT2D eigenvalue weighted by Crippen LogP contribution is 2.39. The summed E-state index contributed by atoms with van der Waals surface area (Å²) in [6, 6.07) is 17.8. The van der Waals surface area contributed by atoms with Gasteiger partial charge >= 0.3 is 0 Å². The zero-order valence-electron chi connectivity index (χ0n) is 11.9. The summed E-state index contributed by atoms with van der Waals surface area (Å²) in [5.41, 5.74) is 4.32. The molecule has 2 atom stereocenters. The summed E-state index contributed by atoms with van der Waals surface area (Å²) in [7, 11) is 0. The minimum atomic E-state index is 0.452. The van der Waals surface area contributed by atoms with E-state index in [2.05, 4.69) is 46.6 Å². The number of halogens is 1. The predicted molar refractivity (Wildman–Crippen MR) is 86.9 cm³/mol. The van der Waals surface area contributed by atoms with Gasteiger partial charge in [-0.25, -0.2) is 0 Å². The van der Waals surface area contributed by atoms with Crippen molar-refractivity contribution >= 4 is 11.6 Å². The van der Waals surface area contributed by atoms with Crippen LogP contribution in [0.4, 0.5) is 0 Å². The van der Waals surface area contributed by atoms with Crippen molar-refractivity contribution in [3.63, 3.8) is 0 Å². The van der Waals surface area contributed by atoms with E-state index >= 15 is 0 Å². The Hall–Kier alpha value is -1.35. The molecular weight excluding hydrogens is 280 g/mol. The first-order valence-corrected chi connectivity index (χ1v) is 8.00. The van der Waals surface area contributed by atoms with Crippen LogP contribution >= 0.6 is 11.6 Å². The van der Waals surface area contributed by atoms with E-state index in [-0.39, 0.29) is 0 Å². The van der Waals surface area contributed by atoms with Gasteiger partial charge in [-0.05, 0) is 28.8 Å². The lowest BCUT2D eigenvalue weighted by Gasteiger charge is -2.44. The van der Waals surface area contributed by atoms with Crippen molar-refractivity contribution in [2.75, 3.05) is 26.2 Å². The molecule has 0 amide bonds. The Labute approximate surface area is 130 Å². The van der Waals surface area contributed by atoms with Crippen LogP contribution < -0.4 is 5.32 Å². The van der Waals surface area contributed by atoms with Crippen LogP contribution in [-0.2, 0) is 0 Å². The van der Waals surface area contributed by atoms with Gasteiger partial charge in [0.05, 0.1) is 0 Å². The van der Waals surface area contributed by atoms with Gasteiger partial charge in [0.1, 0.15) is 0 Å². The highest BCUT2D eigenvalue weighted by atomic mass is 35.5. The lowest BCUT2D eigenvalue weighted by Crippen LogP contribution is -2.50. The van der Waals surface area contributed by atoms with Crippen molar-refractivity contribution in [2.45, 2.75) is 12.0 Å². The van der Waals surface area contributed by atoms with E-state index in [1.807, 2.05) is 12.1 Å². The number of hydrogen-bond donors (Lipinski definition) is 1. The second-order valence-electron chi connectivity index (χ2n) is 5.95. The Kier molecular flexibility index (Phi) is 3.46. The summed E-state index contributed by atoms with van der Waals surface area (Å²) in [4.78, 5) is 2.62. The Bertz CT molecular complexity index is 638. The fraction of sp³-hybridized carbons (Fsp3) is 0.333. The third-order valence-electron chi connectivity index (χ3n) is 4.77. The molecule has 0 bridgehead atoms. The third kappa shape index (κ3) is 2.38. The van der Waals surface area contributed by atoms with E-state index in [1.165, 1.54) is 16.7 Å². The van der Waals surface area contributed by atoms with Crippen LogP contribution in [0.25, 0.3) is 0 Å². The Morgan fingerprint density at radius 3 is 2.57 bits per heavy atom. The molecule has 21 heavy (non-hydrogen) atoms. The van der Waals surface area contributed by atoms with Crippen molar-refractivity contribution < 1.29 is 0 Å². The van der Waals surface area contributed by atoms with Crippen molar-refractivity contribution in [3.8, 4) is 0 Å². The zero-order chi connectivity index (χ0) is 14.2. The first-order valence-electron chi connectivity index (χ1n) is 7.62. The normalized spacial score (nSPS) is 25.2. The van der Waals surface area contributed by atoms with Crippen LogP contribution in [0.15, 0.2) is 48.5 Å². The van der Waals surface area contributed by atoms with Crippen molar-refractivity contribution in [1.82, 2.24) is 10.2 Å². The van der Waals surface area contributed by atoms with Gasteiger partial charge in [0.2, 0.25) is 0 Å². The molecule has 2 heterocycles. The van der Waals surface area contributed by atoms with Gasteiger partial charge in [0.25, 0.3) is 0 Å². The molecule has 0 aromatic heterocycles. The molecule has 1 fully saturated rings. The molecule has 0 saturated carbocycles. The topological polar surface area (TPSA) is 15.3 Å². The van der Waals surface area contributed by atoms with Crippen molar-refractivity contribution in [3.05, 3.63) is 70.2 Å². The van der Waals surface area contributed by atoms with Gasteiger partial charge in [-0.2, -0.15) is 0 Å². The van der Waals surface area contributed by atoms with E-state index in [0.29, 0.717) is 12.0 Å². The Morgan fingerprint density at radius 1 is 1.00 bits per heavy atom. The quantitative estimate of drug-likeness (QED) is 0.868. The maximum Gasteiger partial charge on any atom is 0.0476 e. The number of nitrogens with one attached hydrogen (secondary N) is 1. The van der Waals surface area contributed by atoms with E-state index < -0.39 is 0 Å². The van der Waals surface area contributed by atoms with Crippen molar-refractivity contribution in [1.29, 1.82) is 0 Å².